The van der Waals surface area contributed by atoms with Crippen molar-refractivity contribution >= 4 is 23.4 Å². The van der Waals surface area contributed by atoms with E-state index in [9.17, 15) is 4.79 Å². The third-order valence-corrected chi connectivity index (χ3v) is 5.99. The molecule has 0 radical (unpaired) electrons. The van der Waals surface area contributed by atoms with E-state index in [2.05, 4.69) is 33.0 Å². The smallest absolute Gasteiger partial charge is 0.237 e. The number of benzene rings is 1. The Morgan fingerprint density at radius 1 is 1.38 bits per heavy atom. The number of aromatic nitrogens is 4. The first-order valence-electron chi connectivity index (χ1n) is 9.16. The van der Waals surface area contributed by atoms with Crippen LogP contribution in [0.3, 0.4) is 0 Å². The van der Waals surface area contributed by atoms with Crippen LogP contribution in [-0.2, 0) is 28.9 Å². The molecule has 26 heavy (non-hydrogen) atoms. The molecule has 1 amide bonds. The zero-order valence-electron chi connectivity index (χ0n) is 14.9. The summed E-state index contributed by atoms with van der Waals surface area (Å²) < 4.78 is 7.38. The van der Waals surface area contributed by atoms with Gasteiger partial charge in [-0.15, -0.1) is 5.10 Å². The molecule has 1 aromatic heterocycles. The Morgan fingerprint density at radius 2 is 2.27 bits per heavy atom. The summed E-state index contributed by atoms with van der Waals surface area (Å²) in [5.74, 6) is -0.0420. The fourth-order valence-corrected chi connectivity index (χ4v) is 4.28. The fourth-order valence-electron chi connectivity index (χ4n) is 3.48. The van der Waals surface area contributed by atoms with Gasteiger partial charge in [0.1, 0.15) is 0 Å². The molecule has 2 aliphatic rings. The number of nitrogens with one attached hydrogen (secondary N) is 1. The largest absolute Gasteiger partial charge is 0.376 e. The van der Waals surface area contributed by atoms with Crippen molar-refractivity contribution in [3.05, 3.63) is 29.3 Å². The number of nitrogens with zero attached hydrogens (tertiary/aromatic N) is 4. The standard InChI is InChI=1S/C18H23N5O2S/c1-12(17(24)19-15-8-7-13-4-2-5-14(13)10-15)26-18-20-21-22-23(18)11-16-6-3-9-25-16/h7-8,10,12,16H,2-6,9,11H2,1H3,(H,19,24)/t12-,16-/m0/s1. The summed E-state index contributed by atoms with van der Waals surface area (Å²) in [6.45, 7) is 3.31. The molecule has 2 atom stereocenters. The molecule has 7 nitrogen and oxygen atoms in total. The molecular weight excluding hydrogens is 350 g/mol. The van der Waals surface area contributed by atoms with Crippen molar-refractivity contribution in [3.8, 4) is 0 Å². The second-order valence-electron chi connectivity index (χ2n) is 6.86. The minimum atomic E-state index is -0.294. The number of ether oxygens (including phenoxy) is 1. The van der Waals surface area contributed by atoms with Gasteiger partial charge in [-0.05, 0) is 72.7 Å². The first-order valence-corrected chi connectivity index (χ1v) is 10.0. The summed E-state index contributed by atoms with van der Waals surface area (Å²) in [7, 11) is 0. The molecule has 2 aromatic rings. The van der Waals surface area contributed by atoms with Crippen molar-refractivity contribution in [1.29, 1.82) is 0 Å². The third-order valence-electron chi connectivity index (χ3n) is 4.92. The Balaban J connectivity index is 1.36. The average Bonchev–Trinajstić information content (AvgIpc) is 3.37. The Labute approximate surface area is 156 Å². The molecule has 1 saturated heterocycles. The molecule has 1 N–H and O–H groups in total. The SMILES string of the molecule is C[C@H](Sc1nnnn1C[C@@H]1CCCO1)C(=O)Nc1ccc2c(c1)CCC2. The normalized spacial score (nSPS) is 20.1. The van der Waals surface area contributed by atoms with Crippen LogP contribution in [0, 0.1) is 0 Å². The van der Waals surface area contributed by atoms with Gasteiger partial charge in [0.25, 0.3) is 0 Å². The van der Waals surface area contributed by atoms with E-state index in [1.54, 1.807) is 4.68 Å². The predicted molar refractivity (Wildman–Crippen MR) is 99.2 cm³/mol. The van der Waals surface area contributed by atoms with Crippen molar-refractivity contribution in [2.75, 3.05) is 11.9 Å². The molecule has 0 unspecified atom stereocenters. The number of carbonyl (C=O) groups excluding carboxylic acids is 1. The highest BCUT2D eigenvalue weighted by atomic mass is 32.2. The van der Waals surface area contributed by atoms with Gasteiger partial charge in [0, 0.05) is 12.3 Å². The van der Waals surface area contributed by atoms with E-state index in [4.69, 9.17) is 4.74 Å². The molecule has 0 spiro atoms. The molecular formula is C18H23N5O2S. The number of hydrogen-bond donors (Lipinski definition) is 1. The number of carbonyl (C=O) groups is 1. The maximum absolute atomic E-state index is 12.6. The Hall–Kier alpha value is -1.93. The molecule has 138 valence electrons. The lowest BCUT2D eigenvalue weighted by atomic mass is 10.1. The van der Waals surface area contributed by atoms with Crippen LogP contribution >= 0.6 is 11.8 Å². The zero-order chi connectivity index (χ0) is 17.9. The number of aryl methyl sites for hydroxylation is 2. The van der Waals surface area contributed by atoms with Gasteiger partial charge in [-0.25, -0.2) is 4.68 Å². The highest BCUT2D eigenvalue weighted by molar-refractivity contribution is 8.00. The van der Waals surface area contributed by atoms with E-state index in [1.807, 2.05) is 13.0 Å². The van der Waals surface area contributed by atoms with Gasteiger partial charge >= 0.3 is 0 Å². The Kier molecular flexibility index (Phi) is 5.21. The lowest BCUT2D eigenvalue weighted by Crippen LogP contribution is -2.23. The summed E-state index contributed by atoms with van der Waals surface area (Å²) in [5.41, 5.74) is 3.62. The molecule has 2 heterocycles. The van der Waals surface area contributed by atoms with E-state index < -0.39 is 0 Å². The van der Waals surface area contributed by atoms with Crippen molar-refractivity contribution < 1.29 is 9.53 Å². The Bertz CT molecular complexity index is 788. The van der Waals surface area contributed by atoms with Crippen LogP contribution in [0.5, 0.6) is 0 Å². The monoisotopic (exact) mass is 373 g/mol. The van der Waals surface area contributed by atoms with Crippen LogP contribution in [0.15, 0.2) is 23.4 Å². The minimum Gasteiger partial charge on any atom is -0.376 e. The van der Waals surface area contributed by atoms with Gasteiger partial charge < -0.3 is 10.1 Å². The number of amides is 1. The Morgan fingerprint density at radius 3 is 3.12 bits per heavy atom. The summed E-state index contributed by atoms with van der Waals surface area (Å²) in [4.78, 5) is 12.6. The van der Waals surface area contributed by atoms with Crippen molar-refractivity contribution in [2.24, 2.45) is 0 Å². The maximum Gasteiger partial charge on any atom is 0.237 e. The quantitative estimate of drug-likeness (QED) is 0.784. The van der Waals surface area contributed by atoms with E-state index in [-0.39, 0.29) is 17.3 Å². The zero-order valence-corrected chi connectivity index (χ0v) is 15.7. The van der Waals surface area contributed by atoms with Crippen LogP contribution in [0.25, 0.3) is 0 Å². The van der Waals surface area contributed by atoms with E-state index in [0.29, 0.717) is 11.7 Å². The van der Waals surface area contributed by atoms with Gasteiger partial charge in [0.2, 0.25) is 11.1 Å². The third kappa shape index (κ3) is 3.91. The van der Waals surface area contributed by atoms with E-state index in [0.717, 1.165) is 38.0 Å². The topological polar surface area (TPSA) is 81.9 Å². The van der Waals surface area contributed by atoms with Crippen LogP contribution in [0.2, 0.25) is 0 Å². The minimum absolute atomic E-state index is 0.0420. The molecule has 1 aliphatic carbocycles. The predicted octanol–water partition coefficient (Wildman–Crippen LogP) is 2.46. The van der Waals surface area contributed by atoms with Gasteiger partial charge in [-0.1, -0.05) is 17.8 Å². The average molecular weight is 373 g/mol. The van der Waals surface area contributed by atoms with Gasteiger partial charge in [0.15, 0.2) is 0 Å². The van der Waals surface area contributed by atoms with Crippen LogP contribution in [0.4, 0.5) is 5.69 Å². The maximum atomic E-state index is 12.6. The number of hydrogen-bond acceptors (Lipinski definition) is 6. The van der Waals surface area contributed by atoms with Crippen molar-refractivity contribution in [1.82, 2.24) is 20.2 Å². The second kappa shape index (κ2) is 7.75. The number of thioether (sulfide) groups is 1. The van der Waals surface area contributed by atoms with Crippen LogP contribution in [-0.4, -0.2) is 44.1 Å². The molecule has 0 bridgehead atoms. The fraction of sp³-hybridized carbons (Fsp3) is 0.556. The highest BCUT2D eigenvalue weighted by Crippen LogP contribution is 2.26. The summed E-state index contributed by atoms with van der Waals surface area (Å²) in [6, 6.07) is 6.21. The number of rotatable bonds is 6. The van der Waals surface area contributed by atoms with E-state index in [1.165, 1.54) is 29.3 Å². The van der Waals surface area contributed by atoms with Gasteiger partial charge in [0.05, 0.1) is 17.9 Å². The summed E-state index contributed by atoms with van der Waals surface area (Å²) in [6.07, 6.45) is 5.71. The molecule has 1 aliphatic heterocycles. The first kappa shape index (κ1) is 17.5. The lowest BCUT2D eigenvalue weighted by Gasteiger charge is -2.14. The number of tetrazole rings is 1. The van der Waals surface area contributed by atoms with Crippen molar-refractivity contribution in [3.63, 3.8) is 0 Å². The lowest BCUT2D eigenvalue weighted by molar-refractivity contribution is -0.115. The molecule has 8 heteroatoms. The molecule has 0 saturated carbocycles. The first-order chi connectivity index (χ1) is 12.7. The second-order valence-corrected chi connectivity index (χ2v) is 8.17. The van der Waals surface area contributed by atoms with Gasteiger partial charge in [-0.3, -0.25) is 4.79 Å². The van der Waals surface area contributed by atoms with Crippen LogP contribution < -0.4 is 5.32 Å². The van der Waals surface area contributed by atoms with Crippen molar-refractivity contribution in [2.45, 2.75) is 62.1 Å². The number of fused-ring (bicyclic) bond motifs is 1. The van der Waals surface area contributed by atoms with Crippen LogP contribution in [0.1, 0.15) is 37.3 Å². The summed E-state index contributed by atoms with van der Waals surface area (Å²) in [5, 5.41) is 15.2. The molecule has 1 aromatic carbocycles. The van der Waals surface area contributed by atoms with Gasteiger partial charge in [-0.2, -0.15) is 0 Å². The summed E-state index contributed by atoms with van der Waals surface area (Å²) >= 11 is 1.37. The number of anilines is 1. The molecule has 4 rings (SSSR count). The molecule has 1 fully saturated rings. The highest BCUT2D eigenvalue weighted by Gasteiger charge is 2.22. The van der Waals surface area contributed by atoms with E-state index >= 15 is 0 Å².